The molecule has 0 radical (unpaired) electrons. The van der Waals surface area contributed by atoms with Crippen molar-refractivity contribution in [2.45, 2.75) is 26.8 Å². The molecule has 2 N–H and O–H groups in total. The van der Waals surface area contributed by atoms with E-state index in [0.29, 0.717) is 41.6 Å². The number of phenolic OH excluding ortho intramolecular Hbond substituents is 1. The fraction of sp³-hybridized carbons (Fsp3) is 0.231. The summed E-state index contributed by atoms with van der Waals surface area (Å²) in [5.41, 5.74) is 3.26. The number of hydrogen-bond donors (Lipinski definition) is 2. The molecule has 32 heavy (non-hydrogen) atoms. The molecule has 2 heterocycles. The molecule has 0 aliphatic rings. The van der Waals surface area contributed by atoms with Crippen LogP contribution in [0.3, 0.4) is 0 Å². The molecule has 1 atom stereocenters. The van der Waals surface area contributed by atoms with Gasteiger partial charge in [0.05, 0.1) is 19.3 Å². The second-order valence-electron chi connectivity index (χ2n) is 7.45. The van der Waals surface area contributed by atoms with Gasteiger partial charge in [-0.3, -0.25) is 4.98 Å². The van der Waals surface area contributed by atoms with Gasteiger partial charge in [-0.25, -0.2) is 4.98 Å². The molecule has 0 bridgehead atoms. The molecule has 6 nitrogen and oxygen atoms in total. The van der Waals surface area contributed by atoms with Crippen LogP contribution in [0.25, 0.3) is 10.9 Å². The van der Waals surface area contributed by atoms with Crippen molar-refractivity contribution in [1.82, 2.24) is 9.97 Å². The monoisotopic (exact) mass is 429 g/mol. The minimum Gasteiger partial charge on any atom is -0.505 e. The van der Waals surface area contributed by atoms with Gasteiger partial charge in [-0.05, 0) is 62.2 Å². The van der Waals surface area contributed by atoms with Crippen molar-refractivity contribution in [3.05, 3.63) is 83.7 Å². The molecule has 6 heteroatoms. The summed E-state index contributed by atoms with van der Waals surface area (Å²) in [6, 6.07) is 17.0. The van der Waals surface area contributed by atoms with Crippen molar-refractivity contribution in [3.8, 4) is 17.2 Å². The third kappa shape index (κ3) is 4.44. The molecule has 4 aromatic rings. The Hall–Kier alpha value is -3.80. The minimum absolute atomic E-state index is 0.139. The molecule has 0 fully saturated rings. The van der Waals surface area contributed by atoms with Crippen molar-refractivity contribution in [2.75, 3.05) is 18.5 Å². The number of nitrogens with one attached hydrogen (secondary N) is 1. The molecule has 0 saturated carbocycles. The average Bonchev–Trinajstić information content (AvgIpc) is 2.80. The van der Waals surface area contributed by atoms with E-state index in [4.69, 9.17) is 9.47 Å². The number of rotatable bonds is 8. The fourth-order valence-electron chi connectivity index (χ4n) is 3.73. The number of pyridine rings is 2. The van der Waals surface area contributed by atoms with Crippen LogP contribution in [0.4, 0.5) is 5.82 Å². The van der Waals surface area contributed by atoms with E-state index < -0.39 is 0 Å². The highest BCUT2D eigenvalue weighted by Gasteiger charge is 2.22. The smallest absolute Gasteiger partial charge is 0.161 e. The quantitative estimate of drug-likeness (QED) is 0.377. The average molecular weight is 430 g/mol. The largest absolute Gasteiger partial charge is 0.505 e. The van der Waals surface area contributed by atoms with E-state index in [1.807, 2.05) is 75.4 Å². The van der Waals surface area contributed by atoms with Gasteiger partial charge < -0.3 is 19.9 Å². The van der Waals surface area contributed by atoms with Crippen molar-refractivity contribution in [1.29, 1.82) is 0 Å². The zero-order chi connectivity index (χ0) is 22.5. The Labute approximate surface area is 187 Å². The first-order valence-electron chi connectivity index (χ1n) is 10.8. The molecular weight excluding hydrogens is 402 g/mol. The lowest BCUT2D eigenvalue weighted by Gasteiger charge is -2.23. The van der Waals surface area contributed by atoms with Gasteiger partial charge in [-0.2, -0.15) is 0 Å². The molecule has 0 unspecified atom stereocenters. The maximum atomic E-state index is 11.1. The number of hydrogen-bond acceptors (Lipinski definition) is 6. The van der Waals surface area contributed by atoms with Crippen molar-refractivity contribution < 1.29 is 14.6 Å². The van der Waals surface area contributed by atoms with E-state index >= 15 is 0 Å². The van der Waals surface area contributed by atoms with Crippen LogP contribution in [0.5, 0.6) is 17.2 Å². The maximum Gasteiger partial charge on any atom is 0.161 e. The van der Waals surface area contributed by atoms with Crippen LogP contribution in [0.15, 0.2) is 67.0 Å². The maximum absolute atomic E-state index is 11.1. The molecule has 4 rings (SSSR count). The summed E-state index contributed by atoms with van der Waals surface area (Å²) >= 11 is 0. The SMILES string of the molecule is CCOc1ccc([C@@H](Nc2cc(C)ccn2)c2ccc3cccnc3c2O)cc1OCC. The van der Waals surface area contributed by atoms with Crippen molar-refractivity contribution in [3.63, 3.8) is 0 Å². The number of aromatic hydroxyl groups is 1. The van der Waals surface area contributed by atoms with Gasteiger partial charge in [0.1, 0.15) is 17.1 Å². The lowest BCUT2D eigenvalue weighted by Crippen LogP contribution is -2.14. The Bertz CT molecular complexity index is 1230. The van der Waals surface area contributed by atoms with E-state index in [9.17, 15) is 5.11 Å². The summed E-state index contributed by atoms with van der Waals surface area (Å²) in [4.78, 5) is 8.85. The number of fused-ring (bicyclic) bond motifs is 1. The van der Waals surface area contributed by atoms with Crippen LogP contribution in [-0.2, 0) is 0 Å². The molecule has 2 aromatic carbocycles. The van der Waals surface area contributed by atoms with Crippen LogP contribution in [0, 0.1) is 6.92 Å². The Morgan fingerprint density at radius 3 is 2.50 bits per heavy atom. The third-order valence-electron chi connectivity index (χ3n) is 5.20. The summed E-state index contributed by atoms with van der Waals surface area (Å²) in [7, 11) is 0. The summed E-state index contributed by atoms with van der Waals surface area (Å²) < 4.78 is 11.6. The van der Waals surface area contributed by atoms with Gasteiger partial charge in [-0.15, -0.1) is 0 Å². The molecule has 0 aliphatic heterocycles. The van der Waals surface area contributed by atoms with Crippen molar-refractivity contribution in [2.24, 2.45) is 0 Å². The molecule has 0 amide bonds. The van der Waals surface area contributed by atoms with E-state index in [0.717, 1.165) is 16.5 Å². The van der Waals surface area contributed by atoms with Gasteiger partial charge in [0.15, 0.2) is 11.5 Å². The molecule has 164 valence electrons. The summed E-state index contributed by atoms with van der Waals surface area (Å²) in [5, 5.41) is 15.5. The van der Waals surface area contributed by atoms with E-state index in [1.54, 1.807) is 12.4 Å². The van der Waals surface area contributed by atoms with Crippen molar-refractivity contribution >= 4 is 16.7 Å². The van der Waals surface area contributed by atoms with Crippen LogP contribution in [-0.4, -0.2) is 28.3 Å². The number of phenols is 1. The molecule has 0 aliphatic carbocycles. The highest BCUT2D eigenvalue weighted by Crippen LogP contribution is 2.39. The van der Waals surface area contributed by atoms with Gasteiger partial charge in [-0.1, -0.05) is 24.3 Å². The second-order valence-corrected chi connectivity index (χ2v) is 7.45. The number of benzene rings is 2. The predicted molar refractivity (Wildman–Crippen MR) is 127 cm³/mol. The zero-order valence-electron chi connectivity index (χ0n) is 18.5. The predicted octanol–water partition coefficient (Wildman–Crippen LogP) is 5.64. The number of nitrogens with zero attached hydrogens (tertiary/aromatic N) is 2. The van der Waals surface area contributed by atoms with E-state index in [2.05, 4.69) is 15.3 Å². The van der Waals surface area contributed by atoms with E-state index in [-0.39, 0.29) is 11.8 Å². The first kappa shape index (κ1) is 21.4. The van der Waals surface area contributed by atoms with Crippen LogP contribution in [0.1, 0.15) is 36.6 Å². The summed E-state index contributed by atoms with van der Waals surface area (Å²) in [5.74, 6) is 2.20. The Morgan fingerprint density at radius 1 is 0.906 bits per heavy atom. The number of aryl methyl sites for hydroxylation is 1. The Morgan fingerprint density at radius 2 is 1.72 bits per heavy atom. The Balaban J connectivity index is 1.85. The standard InChI is InChI=1S/C26H27N3O3/c1-4-31-21-11-9-19(16-22(21)32-5-2)24(29-23-15-17(3)12-14-27-23)20-10-8-18-7-6-13-28-25(18)26(20)30/h6-16,24,30H,4-5H2,1-3H3,(H,27,29)/t24-/m1/s1. The highest BCUT2D eigenvalue weighted by atomic mass is 16.5. The summed E-state index contributed by atoms with van der Waals surface area (Å²) in [6.07, 6.45) is 3.45. The number of ether oxygens (including phenoxy) is 2. The first-order chi connectivity index (χ1) is 15.6. The summed E-state index contributed by atoms with van der Waals surface area (Å²) in [6.45, 7) is 6.97. The number of anilines is 1. The third-order valence-corrected chi connectivity index (χ3v) is 5.20. The lowest BCUT2D eigenvalue weighted by atomic mass is 9.95. The van der Waals surface area contributed by atoms with Gasteiger partial charge >= 0.3 is 0 Å². The van der Waals surface area contributed by atoms with Crippen LogP contribution in [0.2, 0.25) is 0 Å². The fourth-order valence-corrected chi connectivity index (χ4v) is 3.73. The van der Waals surface area contributed by atoms with Gasteiger partial charge in [0.2, 0.25) is 0 Å². The van der Waals surface area contributed by atoms with Crippen LogP contribution < -0.4 is 14.8 Å². The van der Waals surface area contributed by atoms with Gasteiger partial charge in [0.25, 0.3) is 0 Å². The second kappa shape index (κ2) is 9.56. The van der Waals surface area contributed by atoms with Gasteiger partial charge in [0, 0.05) is 23.3 Å². The lowest BCUT2D eigenvalue weighted by molar-refractivity contribution is 0.287. The van der Waals surface area contributed by atoms with Crippen LogP contribution >= 0.6 is 0 Å². The normalized spacial score (nSPS) is 11.8. The molecular formula is C26H27N3O3. The topological polar surface area (TPSA) is 76.5 Å². The zero-order valence-corrected chi connectivity index (χ0v) is 18.5. The molecule has 0 saturated heterocycles. The first-order valence-corrected chi connectivity index (χ1v) is 10.8. The minimum atomic E-state index is -0.384. The van der Waals surface area contributed by atoms with E-state index in [1.165, 1.54) is 0 Å². The molecule has 0 spiro atoms. The number of aromatic nitrogens is 2. The molecule has 2 aromatic heterocycles. The highest BCUT2D eigenvalue weighted by molar-refractivity contribution is 5.86. The Kier molecular flexibility index (Phi) is 6.40.